The van der Waals surface area contributed by atoms with Crippen molar-refractivity contribution in [2.45, 2.75) is 58.0 Å². The van der Waals surface area contributed by atoms with Crippen molar-refractivity contribution in [1.29, 1.82) is 5.26 Å². The van der Waals surface area contributed by atoms with E-state index in [9.17, 15) is 10.1 Å². The molecule has 3 heteroatoms. The van der Waals surface area contributed by atoms with Gasteiger partial charge in [0, 0.05) is 13.0 Å². The molecular formula is C18H23NO2. The summed E-state index contributed by atoms with van der Waals surface area (Å²) in [6, 6.07) is 7.99. The zero-order valence-corrected chi connectivity index (χ0v) is 12.9. The van der Waals surface area contributed by atoms with E-state index in [1.807, 2.05) is 32.0 Å². The molecule has 0 aliphatic carbocycles. The Hall–Kier alpha value is -1.66. The number of aryl methyl sites for hydroxylation is 2. The van der Waals surface area contributed by atoms with Crippen LogP contribution in [-0.4, -0.2) is 18.5 Å². The molecule has 21 heavy (non-hydrogen) atoms. The molecule has 1 saturated heterocycles. The maximum Gasteiger partial charge on any atom is 0.154 e. The number of nitrogens with zero attached hydrogens (tertiary/aromatic N) is 1. The third kappa shape index (κ3) is 4.15. The summed E-state index contributed by atoms with van der Waals surface area (Å²) in [5.41, 5.74) is 3.12. The van der Waals surface area contributed by atoms with E-state index >= 15 is 0 Å². The lowest BCUT2D eigenvalue weighted by molar-refractivity contribution is -0.120. The third-order valence-electron chi connectivity index (χ3n) is 4.30. The highest BCUT2D eigenvalue weighted by Crippen LogP contribution is 2.23. The van der Waals surface area contributed by atoms with Crippen molar-refractivity contribution in [3.63, 3.8) is 0 Å². The number of ether oxygens (including phenoxy) is 1. The summed E-state index contributed by atoms with van der Waals surface area (Å²) in [7, 11) is 0. The number of rotatable bonds is 5. The monoisotopic (exact) mass is 285 g/mol. The van der Waals surface area contributed by atoms with Gasteiger partial charge >= 0.3 is 0 Å². The first-order valence-electron chi connectivity index (χ1n) is 7.73. The largest absolute Gasteiger partial charge is 0.378 e. The molecule has 1 aliphatic heterocycles. The van der Waals surface area contributed by atoms with Crippen molar-refractivity contribution in [1.82, 2.24) is 0 Å². The Labute approximate surface area is 126 Å². The first-order chi connectivity index (χ1) is 10.1. The Kier molecular flexibility index (Phi) is 5.52. The van der Waals surface area contributed by atoms with Gasteiger partial charge in [0.1, 0.15) is 5.92 Å². The average molecular weight is 285 g/mol. The van der Waals surface area contributed by atoms with Gasteiger partial charge in [0.2, 0.25) is 0 Å². The van der Waals surface area contributed by atoms with E-state index in [1.165, 1.54) is 12.0 Å². The normalized spacial score (nSPS) is 19.8. The Morgan fingerprint density at radius 3 is 2.81 bits per heavy atom. The smallest absolute Gasteiger partial charge is 0.154 e. The van der Waals surface area contributed by atoms with Crippen molar-refractivity contribution in [3.8, 4) is 6.07 Å². The van der Waals surface area contributed by atoms with Crippen LogP contribution in [0.25, 0.3) is 0 Å². The Balaban J connectivity index is 1.97. The van der Waals surface area contributed by atoms with Crippen molar-refractivity contribution < 1.29 is 9.53 Å². The van der Waals surface area contributed by atoms with Gasteiger partial charge in [-0.15, -0.1) is 0 Å². The molecule has 0 aromatic heterocycles. The summed E-state index contributed by atoms with van der Waals surface area (Å²) in [5, 5.41) is 9.34. The highest BCUT2D eigenvalue weighted by Gasteiger charge is 2.22. The van der Waals surface area contributed by atoms with E-state index < -0.39 is 5.92 Å². The predicted molar refractivity (Wildman–Crippen MR) is 82.1 cm³/mol. The van der Waals surface area contributed by atoms with Crippen LogP contribution in [0.4, 0.5) is 0 Å². The number of carbonyl (C=O) groups excluding carboxylic acids is 1. The summed E-state index contributed by atoms with van der Waals surface area (Å²) in [6.45, 7) is 4.84. The highest BCUT2D eigenvalue weighted by atomic mass is 16.5. The van der Waals surface area contributed by atoms with Crippen LogP contribution in [0.3, 0.4) is 0 Å². The molecule has 1 heterocycles. The van der Waals surface area contributed by atoms with Gasteiger partial charge in [0.25, 0.3) is 0 Å². The molecule has 1 aliphatic rings. The van der Waals surface area contributed by atoms with E-state index in [2.05, 4.69) is 6.07 Å². The second-order valence-corrected chi connectivity index (χ2v) is 5.90. The maximum atomic E-state index is 12.3. The van der Waals surface area contributed by atoms with Crippen LogP contribution in [-0.2, 0) is 9.53 Å². The Bertz CT molecular complexity index is 539. The number of carbonyl (C=O) groups is 1. The molecule has 2 unspecified atom stereocenters. The van der Waals surface area contributed by atoms with Gasteiger partial charge < -0.3 is 4.74 Å². The molecule has 1 fully saturated rings. The molecular weight excluding hydrogens is 262 g/mol. The third-order valence-corrected chi connectivity index (χ3v) is 4.30. The first kappa shape index (κ1) is 15.7. The molecule has 0 spiro atoms. The predicted octanol–water partition coefficient (Wildman–Crippen LogP) is 3.83. The maximum absolute atomic E-state index is 12.3. The van der Waals surface area contributed by atoms with Gasteiger partial charge in [-0.1, -0.05) is 18.2 Å². The first-order valence-corrected chi connectivity index (χ1v) is 7.73. The molecule has 3 nitrogen and oxygen atoms in total. The van der Waals surface area contributed by atoms with Crippen LogP contribution in [0.5, 0.6) is 0 Å². The van der Waals surface area contributed by atoms with Crippen molar-refractivity contribution in [2.24, 2.45) is 0 Å². The van der Waals surface area contributed by atoms with E-state index in [4.69, 9.17) is 4.74 Å². The average Bonchev–Trinajstić information content (AvgIpc) is 2.50. The molecule has 0 saturated carbocycles. The van der Waals surface area contributed by atoms with Crippen molar-refractivity contribution in [2.75, 3.05) is 6.61 Å². The van der Waals surface area contributed by atoms with E-state index in [0.717, 1.165) is 37.0 Å². The Morgan fingerprint density at radius 1 is 1.38 bits per heavy atom. The molecule has 0 amide bonds. The molecule has 1 aromatic rings. The van der Waals surface area contributed by atoms with Gasteiger partial charge in [-0.25, -0.2) is 0 Å². The number of nitriles is 1. The number of ketones is 1. The summed E-state index contributed by atoms with van der Waals surface area (Å²) < 4.78 is 5.65. The lowest BCUT2D eigenvalue weighted by Gasteiger charge is -2.22. The molecule has 0 radical (unpaired) electrons. The topological polar surface area (TPSA) is 50.1 Å². The standard InChI is InChI=1S/C18H23NO2/c1-13-6-7-15(11-14(13)2)17(12-19)18(20)9-8-16-5-3-4-10-21-16/h6-7,11,16-17H,3-5,8-10H2,1-2H3. The number of benzene rings is 1. The minimum absolute atomic E-state index is 0.00919. The van der Waals surface area contributed by atoms with Gasteiger partial charge in [-0.3, -0.25) is 4.79 Å². The fourth-order valence-corrected chi connectivity index (χ4v) is 2.76. The lowest BCUT2D eigenvalue weighted by Crippen LogP contribution is -2.21. The zero-order chi connectivity index (χ0) is 15.2. The Morgan fingerprint density at radius 2 is 2.19 bits per heavy atom. The van der Waals surface area contributed by atoms with Crippen LogP contribution in [0.1, 0.15) is 54.7 Å². The number of hydrogen-bond acceptors (Lipinski definition) is 3. The fourth-order valence-electron chi connectivity index (χ4n) is 2.76. The van der Waals surface area contributed by atoms with Crippen LogP contribution in [0.2, 0.25) is 0 Å². The molecule has 2 atom stereocenters. The van der Waals surface area contributed by atoms with E-state index in [0.29, 0.717) is 6.42 Å². The summed E-state index contributed by atoms with van der Waals surface area (Å²) in [5.74, 6) is -0.636. The fraction of sp³-hybridized carbons (Fsp3) is 0.556. The highest BCUT2D eigenvalue weighted by molar-refractivity contribution is 5.88. The van der Waals surface area contributed by atoms with Crippen LogP contribution >= 0.6 is 0 Å². The van der Waals surface area contributed by atoms with Crippen LogP contribution < -0.4 is 0 Å². The van der Waals surface area contributed by atoms with E-state index in [1.54, 1.807) is 0 Å². The van der Waals surface area contributed by atoms with Gasteiger partial charge in [-0.2, -0.15) is 5.26 Å². The molecule has 2 rings (SSSR count). The van der Waals surface area contributed by atoms with Crippen LogP contribution in [0, 0.1) is 25.2 Å². The lowest BCUT2D eigenvalue weighted by atomic mass is 9.90. The quantitative estimate of drug-likeness (QED) is 0.826. The number of Topliss-reactive ketones (excluding diaryl/α,β-unsaturated/α-hetero) is 1. The second-order valence-electron chi connectivity index (χ2n) is 5.90. The second kappa shape index (κ2) is 7.38. The van der Waals surface area contributed by atoms with Crippen LogP contribution in [0.15, 0.2) is 18.2 Å². The SMILES string of the molecule is Cc1ccc(C(C#N)C(=O)CCC2CCCCO2)cc1C. The zero-order valence-electron chi connectivity index (χ0n) is 12.9. The van der Waals surface area contributed by atoms with Crippen molar-refractivity contribution in [3.05, 3.63) is 34.9 Å². The molecule has 0 N–H and O–H groups in total. The van der Waals surface area contributed by atoms with E-state index in [-0.39, 0.29) is 11.9 Å². The molecule has 1 aromatic carbocycles. The summed E-state index contributed by atoms with van der Waals surface area (Å²) in [6.07, 6.45) is 4.69. The van der Waals surface area contributed by atoms with Gasteiger partial charge in [0.15, 0.2) is 5.78 Å². The summed E-state index contributed by atoms with van der Waals surface area (Å²) in [4.78, 5) is 12.3. The minimum Gasteiger partial charge on any atom is -0.378 e. The van der Waals surface area contributed by atoms with Gasteiger partial charge in [-0.05, 0) is 56.2 Å². The minimum atomic E-state index is -0.645. The molecule has 112 valence electrons. The molecule has 0 bridgehead atoms. The van der Waals surface area contributed by atoms with Crippen molar-refractivity contribution >= 4 is 5.78 Å². The van der Waals surface area contributed by atoms with Gasteiger partial charge in [0.05, 0.1) is 12.2 Å². The summed E-state index contributed by atoms with van der Waals surface area (Å²) >= 11 is 0. The number of hydrogen-bond donors (Lipinski definition) is 0.